The molecule has 0 aromatic rings. The Morgan fingerprint density at radius 1 is 1.38 bits per heavy atom. The highest BCUT2D eigenvalue weighted by atomic mass is 16.2. The van der Waals surface area contributed by atoms with Gasteiger partial charge in [-0.3, -0.25) is 9.69 Å². The van der Waals surface area contributed by atoms with Crippen LogP contribution in [0, 0.1) is 0 Å². The fourth-order valence-corrected chi connectivity index (χ4v) is 3.34. The van der Waals surface area contributed by atoms with Gasteiger partial charge in [-0.05, 0) is 59.4 Å². The van der Waals surface area contributed by atoms with Crippen molar-refractivity contribution in [2.24, 2.45) is 0 Å². The van der Waals surface area contributed by atoms with Gasteiger partial charge in [0.05, 0.1) is 6.54 Å². The van der Waals surface area contributed by atoms with Gasteiger partial charge in [-0.25, -0.2) is 0 Å². The molecule has 1 N–H and O–H groups in total. The minimum Gasteiger partial charge on any atom is -0.316 e. The lowest BCUT2D eigenvalue weighted by molar-refractivity contribution is -0.131. The molecule has 1 saturated heterocycles. The molecule has 1 fully saturated rings. The van der Waals surface area contributed by atoms with Crippen LogP contribution in [0.3, 0.4) is 0 Å². The third-order valence-electron chi connectivity index (χ3n) is 5.15. The van der Waals surface area contributed by atoms with Gasteiger partial charge in [0, 0.05) is 30.9 Å². The zero-order valence-electron chi connectivity index (χ0n) is 14.0. The maximum Gasteiger partial charge on any atom is 0.240 e. The number of piperidine rings is 1. The molecule has 0 saturated carbocycles. The maximum atomic E-state index is 12.6. The van der Waals surface area contributed by atoms with Gasteiger partial charge >= 0.3 is 0 Å². The van der Waals surface area contributed by atoms with Crippen LogP contribution >= 0.6 is 0 Å². The van der Waals surface area contributed by atoms with Crippen molar-refractivity contribution in [3.05, 3.63) is 11.8 Å². The molecule has 1 aliphatic carbocycles. The molecule has 0 aromatic carbocycles. The lowest BCUT2D eigenvalue weighted by Gasteiger charge is -2.39. The molecule has 4 nitrogen and oxygen atoms in total. The second-order valence-electron chi connectivity index (χ2n) is 6.67. The van der Waals surface area contributed by atoms with Crippen molar-refractivity contribution in [1.82, 2.24) is 15.1 Å². The van der Waals surface area contributed by atoms with Gasteiger partial charge in [-0.2, -0.15) is 0 Å². The van der Waals surface area contributed by atoms with Crippen LogP contribution in [0.5, 0.6) is 0 Å². The van der Waals surface area contributed by atoms with Crippen LogP contribution in [0.25, 0.3) is 0 Å². The summed E-state index contributed by atoms with van der Waals surface area (Å²) in [6, 6.07) is 0. The smallest absolute Gasteiger partial charge is 0.240 e. The van der Waals surface area contributed by atoms with E-state index in [-0.39, 0.29) is 11.4 Å². The quantitative estimate of drug-likeness (QED) is 0.845. The maximum absolute atomic E-state index is 12.6. The number of rotatable bonds is 5. The number of likely N-dealkylation sites (N-methyl/N-ethyl adjacent to an activating group) is 1. The van der Waals surface area contributed by atoms with Crippen LogP contribution in [0.4, 0.5) is 0 Å². The summed E-state index contributed by atoms with van der Waals surface area (Å²) in [6.45, 7) is 7.76. The molecule has 2 rings (SSSR count). The van der Waals surface area contributed by atoms with Crippen LogP contribution < -0.4 is 5.32 Å². The van der Waals surface area contributed by atoms with E-state index in [1.54, 1.807) is 0 Å². The van der Waals surface area contributed by atoms with Gasteiger partial charge < -0.3 is 10.2 Å². The second-order valence-corrected chi connectivity index (χ2v) is 6.67. The molecular formula is C17H31N3O. The summed E-state index contributed by atoms with van der Waals surface area (Å²) in [5, 5.41) is 3.41. The SMILES string of the molecule is CCN(C(=O)CN1CCC(C)(NC)CC1)C1=CCCCC1. The van der Waals surface area contributed by atoms with E-state index in [1.165, 1.54) is 18.5 Å². The van der Waals surface area contributed by atoms with Crippen LogP contribution in [-0.2, 0) is 4.79 Å². The van der Waals surface area contributed by atoms with Gasteiger partial charge in [-0.1, -0.05) is 6.08 Å². The number of likely N-dealkylation sites (tertiary alicyclic amines) is 1. The van der Waals surface area contributed by atoms with E-state index in [2.05, 4.69) is 30.1 Å². The monoisotopic (exact) mass is 293 g/mol. The van der Waals surface area contributed by atoms with Crippen molar-refractivity contribution in [3.63, 3.8) is 0 Å². The number of hydrogen-bond donors (Lipinski definition) is 1. The van der Waals surface area contributed by atoms with E-state index in [9.17, 15) is 4.79 Å². The summed E-state index contributed by atoms with van der Waals surface area (Å²) >= 11 is 0. The first-order chi connectivity index (χ1) is 10.1. The minimum absolute atomic E-state index is 0.246. The van der Waals surface area contributed by atoms with E-state index < -0.39 is 0 Å². The first-order valence-electron chi connectivity index (χ1n) is 8.48. The summed E-state index contributed by atoms with van der Waals surface area (Å²) in [4.78, 5) is 16.9. The molecule has 0 unspecified atom stereocenters. The molecular weight excluding hydrogens is 262 g/mol. The Morgan fingerprint density at radius 2 is 2.10 bits per heavy atom. The molecule has 1 heterocycles. The molecule has 2 aliphatic rings. The highest BCUT2D eigenvalue weighted by Crippen LogP contribution is 2.23. The number of allylic oxidation sites excluding steroid dienone is 2. The van der Waals surface area contributed by atoms with E-state index in [4.69, 9.17) is 0 Å². The summed E-state index contributed by atoms with van der Waals surface area (Å²) in [5.41, 5.74) is 1.50. The van der Waals surface area contributed by atoms with Gasteiger partial charge in [0.15, 0.2) is 0 Å². The number of hydrogen-bond acceptors (Lipinski definition) is 3. The molecule has 1 aliphatic heterocycles. The Labute approximate surface area is 129 Å². The lowest BCUT2D eigenvalue weighted by atomic mass is 9.90. The van der Waals surface area contributed by atoms with E-state index in [0.717, 1.165) is 45.3 Å². The van der Waals surface area contributed by atoms with Crippen LogP contribution in [0.2, 0.25) is 0 Å². The zero-order chi connectivity index (χ0) is 15.3. The molecule has 21 heavy (non-hydrogen) atoms. The molecule has 0 spiro atoms. The van der Waals surface area contributed by atoms with Crippen molar-refractivity contribution >= 4 is 5.91 Å². The number of carbonyl (C=O) groups excluding carboxylic acids is 1. The van der Waals surface area contributed by atoms with E-state index in [0.29, 0.717) is 6.54 Å². The van der Waals surface area contributed by atoms with Gasteiger partial charge in [0.1, 0.15) is 0 Å². The Balaban J connectivity index is 1.87. The van der Waals surface area contributed by atoms with Crippen molar-refractivity contribution in [2.75, 3.05) is 33.2 Å². The Morgan fingerprint density at radius 3 is 2.62 bits per heavy atom. The molecule has 0 atom stereocenters. The molecule has 0 aromatic heterocycles. The number of amides is 1. The number of carbonyl (C=O) groups is 1. The number of nitrogens with zero attached hydrogens (tertiary/aromatic N) is 2. The molecule has 1 amide bonds. The fraction of sp³-hybridized carbons (Fsp3) is 0.824. The first-order valence-corrected chi connectivity index (χ1v) is 8.48. The average molecular weight is 293 g/mol. The van der Waals surface area contributed by atoms with Crippen molar-refractivity contribution in [1.29, 1.82) is 0 Å². The summed E-state index contributed by atoms with van der Waals surface area (Å²) in [7, 11) is 2.04. The molecule has 4 heteroatoms. The highest BCUT2D eigenvalue weighted by molar-refractivity contribution is 5.80. The Kier molecular flexibility index (Phi) is 5.82. The van der Waals surface area contributed by atoms with Crippen LogP contribution in [0.1, 0.15) is 52.4 Å². The topological polar surface area (TPSA) is 35.6 Å². The second kappa shape index (κ2) is 7.41. The predicted molar refractivity (Wildman–Crippen MR) is 87.1 cm³/mol. The van der Waals surface area contributed by atoms with E-state index in [1.807, 2.05) is 11.9 Å². The van der Waals surface area contributed by atoms with Crippen LogP contribution in [-0.4, -0.2) is 54.5 Å². The van der Waals surface area contributed by atoms with Gasteiger partial charge in [-0.15, -0.1) is 0 Å². The van der Waals surface area contributed by atoms with E-state index >= 15 is 0 Å². The third-order valence-corrected chi connectivity index (χ3v) is 5.15. The first kappa shape index (κ1) is 16.5. The lowest BCUT2D eigenvalue weighted by Crippen LogP contribution is -2.52. The standard InChI is InChI=1S/C17H31N3O/c1-4-20(15-8-6-5-7-9-15)16(21)14-19-12-10-17(2,18-3)11-13-19/h8,18H,4-7,9-14H2,1-3H3. The zero-order valence-corrected chi connectivity index (χ0v) is 14.0. The summed E-state index contributed by atoms with van der Waals surface area (Å²) < 4.78 is 0. The fourth-order valence-electron chi connectivity index (χ4n) is 3.34. The van der Waals surface area contributed by atoms with Gasteiger partial charge in [0.25, 0.3) is 0 Å². The Hall–Kier alpha value is -0.870. The summed E-state index contributed by atoms with van der Waals surface area (Å²) in [5.74, 6) is 0.277. The molecule has 0 bridgehead atoms. The largest absolute Gasteiger partial charge is 0.316 e. The van der Waals surface area contributed by atoms with Crippen molar-refractivity contribution in [2.45, 2.75) is 57.9 Å². The normalized spacial score (nSPS) is 22.7. The minimum atomic E-state index is 0.246. The third kappa shape index (κ3) is 4.30. The molecule has 0 radical (unpaired) electrons. The average Bonchev–Trinajstić information content (AvgIpc) is 2.52. The molecule has 120 valence electrons. The predicted octanol–water partition coefficient (Wildman–Crippen LogP) is 2.37. The van der Waals surface area contributed by atoms with Crippen molar-refractivity contribution in [3.8, 4) is 0 Å². The highest BCUT2D eigenvalue weighted by Gasteiger charge is 2.30. The van der Waals surface area contributed by atoms with Crippen molar-refractivity contribution < 1.29 is 4.79 Å². The summed E-state index contributed by atoms with van der Waals surface area (Å²) in [6.07, 6.45) is 9.18. The Bertz CT molecular complexity index is 383. The van der Waals surface area contributed by atoms with Gasteiger partial charge in [0.2, 0.25) is 5.91 Å². The number of nitrogens with one attached hydrogen (secondary N) is 1. The van der Waals surface area contributed by atoms with Crippen LogP contribution in [0.15, 0.2) is 11.8 Å².